The molecule has 0 bridgehead atoms. The molecule has 0 saturated heterocycles. The van der Waals surface area contributed by atoms with Gasteiger partial charge in [0.15, 0.2) is 5.58 Å². The molecule has 0 aliphatic rings. The summed E-state index contributed by atoms with van der Waals surface area (Å²) < 4.78 is 9.35. The molecule has 0 saturated carbocycles. The minimum absolute atomic E-state index is 0.914. The van der Waals surface area contributed by atoms with Crippen molar-refractivity contribution >= 4 is 74.8 Å². The molecule has 52 heavy (non-hydrogen) atoms. The Morgan fingerprint density at radius 2 is 0.923 bits per heavy atom. The van der Waals surface area contributed by atoms with E-state index >= 15 is 0 Å². The Morgan fingerprint density at radius 3 is 1.63 bits per heavy atom. The van der Waals surface area contributed by atoms with Gasteiger partial charge in [0.1, 0.15) is 5.76 Å². The van der Waals surface area contributed by atoms with Crippen molar-refractivity contribution in [3.05, 3.63) is 182 Å². The Morgan fingerprint density at radius 1 is 0.346 bits per heavy atom. The first-order chi connectivity index (χ1) is 25.8. The molecule has 1 nitrogen and oxygen atoms in total. The van der Waals surface area contributed by atoms with Gasteiger partial charge < -0.3 is 4.42 Å². The molecule has 0 amide bonds. The molecule has 0 atom stereocenters. The van der Waals surface area contributed by atoms with E-state index in [9.17, 15) is 0 Å². The molecule has 0 N–H and O–H groups in total. The fraction of sp³-hybridized carbons (Fsp3) is 0. The predicted molar refractivity (Wildman–Crippen MR) is 223 cm³/mol. The van der Waals surface area contributed by atoms with Gasteiger partial charge in [-0.3, -0.25) is 0 Å². The van der Waals surface area contributed by atoms with Crippen molar-refractivity contribution in [1.29, 1.82) is 0 Å². The first-order valence-corrected chi connectivity index (χ1v) is 18.6. The fourth-order valence-electron chi connectivity index (χ4n) is 8.40. The summed E-state index contributed by atoms with van der Waals surface area (Å²) in [6, 6.07) is 66.0. The molecule has 0 aliphatic heterocycles. The largest absolute Gasteiger partial charge is 0.454 e. The summed E-state index contributed by atoms with van der Waals surface area (Å²) >= 11 is 1.82. The van der Waals surface area contributed by atoms with Crippen molar-refractivity contribution in [2.45, 2.75) is 0 Å². The highest BCUT2D eigenvalue weighted by molar-refractivity contribution is 7.26. The van der Waals surface area contributed by atoms with Gasteiger partial charge in [0.25, 0.3) is 0 Å². The molecule has 0 radical (unpaired) electrons. The van der Waals surface area contributed by atoms with Crippen molar-refractivity contribution < 1.29 is 4.42 Å². The maximum Gasteiger partial charge on any atom is 0.153 e. The lowest BCUT2D eigenvalue weighted by Gasteiger charge is -2.19. The van der Waals surface area contributed by atoms with Gasteiger partial charge in [-0.2, -0.15) is 0 Å². The summed E-state index contributed by atoms with van der Waals surface area (Å²) in [6.45, 7) is 0. The highest BCUT2D eigenvalue weighted by Gasteiger charge is 2.22. The van der Waals surface area contributed by atoms with Crippen LogP contribution in [0, 0.1) is 0 Å². The Kier molecular flexibility index (Phi) is 6.49. The van der Waals surface area contributed by atoms with Crippen LogP contribution in [0.4, 0.5) is 0 Å². The van der Waals surface area contributed by atoms with Gasteiger partial charge in [-0.15, -0.1) is 11.3 Å². The van der Waals surface area contributed by atoms with Crippen molar-refractivity contribution in [1.82, 2.24) is 0 Å². The van der Waals surface area contributed by atoms with E-state index in [-0.39, 0.29) is 0 Å². The van der Waals surface area contributed by atoms with E-state index in [1.54, 1.807) is 0 Å². The van der Waals surface area contributed by atoms with E-state index in [0.29, 0.717) is 0 Å². The Balaban J connectivity index is 1.17. The lowest BCUT2D eigenvalue weighted by molar-refractivity contribution is 0.636. The summed E-state index contributed by atoms with van der Waals surface area (Å²) in [4.78, 5) is 0. The van der Waals surface area contributed by atoms with Crippen LogP contribution >= 0.6 is 11.3 Å². The predicted octanol–water partition coefficient (Wildman–Crippen LogP) is 14.9. The third-order valence-electron chi connectivity index (χ3n) is 10.7. The van der Waals surface area contributed by atoms with Gasteiger partial charge >= 0.3 is 0 Å². The van der Waals surface area contributed by atoms with E-state index in [1.807, 2.05) is 11.3 Å². The SMILES string of the molecule is c1ccc(-c2oc3c(ccc4c5cc(-c6c7ccccc7c(-c7cccc8ccccc78)c7ccccc67)ccc5sc43)c2-c2ccccc2)cc1. The van der Waals surface area contributed by atoms with E-state index in [2.05, 4.69) is 182 Å². The molecule has 2 heteroatoms. The Labute approximate surface area is 304 Å². The smallest absolute Gasteiger partial charge is 0.153 e. The van der Waals surface area contributed by atoms with E-state index in [4.69, 9.17) is 4.42 Å². The van der Waals surface area contributed by atoms with Crippen LogP contribution in [0.1, 0.15) is 0 Å². The molecule has 2 aromatic heterocycles. The van der Waals surface area contributed by atoms with Gasteiger partial charge in [0.05, 0.1) is 4.70 Å². The molecular formula is C50H30OS. The third-order valence-corrected chi connectivity index (χ3v) is 11.9. The minimum Gasteiger partial charge on any atom is -0.454 e. The lowest BCUT2D eigenvalue weighted by Crippen LogP contribution is -1.91. The number of furan rings is 1. The first-order valence-electron chi connectivity index (χ1n) is 17.8. The number of rotatable bonds is 4. The molecule has 242 valence electrons. The lowest BCUT2D eigenvalue weighted by atomic mass is 9.84. The van der Waals surface area contributed by atoms with Crippen LogP contribution in [0.3, 0.4) is 0 Å². The zero-order valence-corrected chi connectivity index (χ0v) is 29.0. The van der Waals surface area contributed by atoms with Crippen LogP contribution in [0.2, 0.25) is 0 Å². The second-order valence-corrected chi connectivity index (χ2v) is 14.6. The molecule has 0 spiro atoms. The normalized spacial score (nSPS) is 11.8. The van der Waals surface area contributed by atoms with Crippen molar-refractivity contribution in [3.8, 4) is 44.7 Å². The van der Waals surface area contributed by atoms with Crippen LogP contribution < -0.4 is 0 Å². The molecule has 11 rings (SSSR count). The van der Waals surface area contributed by atoms with Crippen LogP contribution in [0.5, 0.6) is 0 Å². The zero-order valence-electron chi connectivity index (χ0n) is 28.1. The van der Waals surface area contributed by atoms with Crippen LogP contribution in [-0.2, 0) is 0 Å². The molecule has 2 heterocycles. The van der Waals surface area contributed by atoms with Gasteiger partial charge in [0, 0.05) is 32.0 Å². The van der Waals surface area contributed by atoms with Crippen LogP contribution in [0.25, 0.3) is 108 Å². The highest BCUT2D eigenvalue weighted by atomic mass is 32.1. The second kappa shape index (κ2) is 11.5. The van der Waals surface area contributed by atoms with Crippen molar-refractivity contribution in [2.75, 3.05) is 0 Å². The monoisotopic (exact) mass is 678 g/mol. The number of thiophene rings is 1. The van der Waals surface area contributed by atoms with Gasteiger partial charge in [-0.25, -0.2) is 0 Å². The number of benzene rings is 9. The maximum absolute atomic E-state index is 6.91. The fourth-order valence-corrected chi connectivity index (χ4v) is 9.57. The number of hydrogen-bond donors (Lipinski definition) is 0. The summed E-state index contributed by atoms with van der Waals surface area (Å²) in [5.74, 6) is 0.914. The third kappa shape index (κ3) is 4.35. The average Bonchev–Trinajstić information content (AvgIpc) is 3.79. The maximum atomic E-state index is 6.91. The molecule has 0 aliphatic carbocycles. The summed E-state index contributed by atoms with van der Waals surface area (Å²) in [7, 11) is 0. The standard InChI is InChI=1S/C50H30OS/c1-3-15-32(16-4-1)46-42-28-27-41-43-30-34(26-29-44(43)52-50(41)49(42)51-48(46)33-17-5-2-6-18-33)45-37-21-9-11-23-39(37)47(40-24-12-10-22-38(40)45)36-25-13-19-31-14-7-8-20-35(31)36/h1-30H. The number of fused-ring (bicyclic) bond motifs is 8. The van der Waals surface area contributed by atoms with Gasteiger partial charge in [-0.05, 0) is 78.3 Å². The molecule has 0 unspecified atom stereocenters. The summed E-state index contributed by atoms with van der Waals surface area (Å²) in [5, 5.41) is 11.2. The topological polar surface area (TPSA) is 13.1 Å². The summed E-state index contributed by atoms with van der Waals surface area (Å²) in [6.07, 6.45) is 0. The highest BCUT2D eigenvalue weighted by Crippen LogP contribution is 2.49. The quantitative estimate of drug-likeness (QED) is 0.169. The van der Waals surface area contributed by atoms with Gasteiger partial charge in [-0.1, -0.05) is 164 Å². The number of hydrogen-bond acceptors (Lipinski definition) is 2. The first kappa shape index (κ1) is 29.3. The summed E-state index contributed by atoms with van der Waals surface area (Å²) in [5.41, 5.74) is 9.39. The van der Waals surface area contributed by atoms with E-state index in [1.165, 1.54) is 74.7 Å². The zero-order chi connectivity index (χ0) is 34.2. The Bertz CT molecular complexity index is 3100. The second-order valence-electron chi connectivity index (χ2n) is 13.5. The van der Waals surface area contributed by atoms with E-state index < -0.39 is 0 Å². The van der Waals surface area contributed by atoms with Crippen molar-refractivity contribution in [3.63, 3.8) is 0 Å². The molecule has 0 fully saturated rings. The van der Waals surface area contributed by atoms with Crippen LogP contribution in [0.15, 0.2) is 186 Å². The minimum atomic E-state index is 0.914. The average molecular weight is 679 g/mol. The Hall–Kier alpha value is -6.48. The molecule has 11 aromatic rings. The van der Waals surface area contributed by atoms with Gasteiger partial charge in [0.2, 0.25) is 0 Å². The van der Waals surface area contributed by atoms with Crippen molar-refractivity contribution in [2.24, 2.45) is 0 Å². The molecule has 9 aromatic carbocycles. The van der Waals surface area contributed by atoms with Crippen LogP contribution in [-0.4, -0.2) is 0 Å². The molecular weight excluding hydrogens is 649 g/mol. The van der Waals surface area contributed by atoms with E-state index in [0.717, 1.165) is 33.4 Å².